The van der Waals surface area contributed by atoms with E-state index in [4.69, 9.17) is 0 Å². The maximum atomic E-state index is 13.2. The number of imidazole rings is 1. The van der Waals surface area contributed by atoms with Gasteiger partial charge in [-0.05, 0) is 62.6 Å². The Balaban J connectivity index is 1.64. The number of amides is 1. The summed E-state index contributed by atoms with van der Waals surface area (Å²) in [5, 5.41) is 3.99. The highest BCUT2D eigenvalue weighted by Gasteiger charge is 2.34. The van der Waals surface area contributed by atoms with Gasteiger partial charge in [-0.1, -0.05) is 28.1 Å². The lowest BCUT2D eigenvalue weighted by molar-refractivity contribution is -0.125. The molecule has 0 saturated heterocycles. The van der Waals surface area contributed by atoms with Crippen LogP contribution in [0.5, 0.6) is 0 Å². The number of benzene rings is 2. The molecule has 5 rings (SSSR count). The predicted molar refractivity (Wildman–Crippen MR) is 126 cm³/mol. The number of aryl methyl sites for hydroxylation is 1. The van der Waals surface area contributed by atoms with Crippen molar-refractivity contribution in [3.63, 3.8) is 0 Å². The molecule has 2 aromatic carbocycles. The summed E-state index contributed by atoms with van der Waals surface area (Å²) in [7, 11) is 1.76. The van der Waals surface area contributed by atoms with Gasteiger partial charge >= 0.3 is 5.69 Å². The monoisotopic (exact) mass is 478 g/mol. The summed E-state index contributed by atoms with van der Waals surface area (Å²) in [5.41, 5.74) is 3.29. The van der Waals surface area contributed by atoms with Crippen LogP contribution in [0.2, 0.25) is 0 Å². The van der Waals surface area contributed by atoms with E-state index in [1.54, 1.807) is 22.4 Å². The lowest BCUT2D eigenvalue weighted by Crippen LogP contribution is -2.41. The van der Waals surface area contributed by atoms with Crippen LogP contribution in [-0.2, 0) is 17.3 Å². The average Bonchev–Trinajstić information content (AvgIpc) is 3.53. The van der Waals surface area contributed by atoms with Crippen molar-refractivity contribution >= 4 is 43.8 Å². The van der Waals surface area contributed by atoms with E-state index in [-0.39, 0.29) is 11.6 Å². The molecule has 1 fully saturated rings. The average molecular weight is 479 g/mol. The van der Waals surface area contributed by atoms with Crippen LogP contribution in [-0.4, -0.2) is 26.1 Å². The van der Waals surface area contributed by atoms with Crippen LogP contribution >= 0.6 is 15.9 Å². The number of aromatic nitrogens is 3. The number of pyridine rings is 1. The van der Waals surface area contributed by atoms with Crippen LogP contribution in [0.25, 0.3) is 27.6 Å². The van der Waals surface area contributed by atoms with Gasteiger partial charge in [0.1, 0.15) is 0 Å². The number of nitrogens with one attached hydrogen (secondary N) is 1. The Kier molecular flexibility index (Phi) is 4.55. The number of rotatable bonds is 4. The van der Waals surface area contributed by atoms with Crippen LogP contribution in [0.4, 0.5) is 0 Å². The molecule has 158 valence electrons. The molecule has 0 aliphatic heterocycles. The Morgan fingerprint density at radius 3 is 2.55 bits per heavy atom. The molecule has 4 aromatic rings. The second-order valence-corrected chi connectivity index (χ2v) is 9.67. The first-order valence-corrected chi connectivity index (χ1v) is 11.1. The van der Waals surface area contributed by atoms with Gasteiger partial charge in [-0.25, -0.2) is 4.79 Å². The SMILES string of the molecule is Cn1c(=O)n(-c2ccc(C(C)(C)C(=O)NC3CC3)cc2)c2c3cc(Br)ccc3ncc21. The number of nitrogens with zero attached hydrogens (tertiary/aromatic N) is 3. The second-order valence-electron chi connectivity index (χ2n) is 8.75. The topological polar surface area (TPSA) is 68.9 Å². The number of carbonyl (C=O) groups is 1. The van der Waals surface area contributed by atoms with Gasteiger partial charge in [-0.2, -0.15) is 0 Å². The van der Waals surface area contributed by atoms with Gasteiger partial charge in [0.2, 0.25) is 5.91 Å². The quantitative estimate of drug-likeness (QED) is 0.477. The smallest absolute Gasteiger partial charge is 0.333 e. The maximum absolute atomic E-state index is 13.2. The lowest BCUT2D eigenvalue weighted by atomic mass is 9.83. The van der Waals surface area contributed by atoms with Gasteiger partial charge in [-0.3, -0.25) is 18.9 Å². The molecule has 2 aromatic heterocycles. The van der Waals surface area contributed by atoms with Crippen molar-refractivity contribution in [3.05, 3.63) is 69.2 Å². The minimum atomic E-state index is -0.647. The van der Waals surface area contributed by atoms with E-state index in [2.05, 4.69) is 26.2 Å². The Morgan fingerprint density at radius 1 is 1.16 bits per heavy atom. The zero-order valence-corrected chi connectivity index (χ0v) is 19.2. The molecule has 0 atom stereocenters. The zero-order valence-electron chi connectivity index (χ0n) is 17.6. The molecule has 2 heterocycles. The summed E-state index contributed by atoms with van der Waals surface area (Å²) in [5.74, 6) is 0.0343. The molecule has 1 amide bonds. The first-order chi connectivity index (χ1) is 14.8. The molecule has 1 aliphatic carbocycles. The number of hydrogen-bond acceptors (Lipinski definition) is 3. The zero-order chi connectivity index (χ0) is 21.9. The number of carbonyl (C=O) groups excluding carboxylic acids is 1. The highest BCUT2D eigenvalue weighted by Crippen LogP contribution is 2.30. The molecule has 1 saturated carbocycles. The molecule has 1 aliphatic rings. The third-order valence-electron chi connectivity index (χ3n) is 6.17. The van der Waals surface area contributed by atoms with Crippen molar-refractivity contribution in [3.8, 4) is 5.69 Å². The highest BCUT2D eigenvalue weighted by atomic mass is 79.9. The van der Waals surface area contributed by atoms with Crippen LogP contribution in [0.3, 0.4) is 0 Å². The molecule has 0 radical (unpaired) electrons. The molecular weight excluding hydrogens is 456 g/mol. The third-order valence-corrected chi connectivity index (χ3v) is 6.67. The minimum absolute atomic E-state index is 0.0343. The van der Waals surface area contributed by atoms with E-state index < -0.39 is 5.41 Å². The Morgan fingerprint density at radius 2 is 1.87 bits per heavy atom. The summed E-state index contributed by atoms with van der Waals surface area (Å²) < 4.78 is 4.26. The van der Waals surface area contributed by atoms with E-state index in [0.717, 1.165) is 50.5 Å². The fraction of sp³-hybridized carbons (Fsp3) is 0.292. The summed E-state index contributed by atoms with van der Waals surface area (Å²) >= 11 is 3.53. The van der Waals surface area contributed by atoms with Crippen molar-refractivity contribution in [1.29, 1.82) is 0 Å². The molecule has 0 spiro atoms. The fourth-order valence-corrected chi connectivity index (χ4v) is 4.32. The molecular formula is C24H23BrN4O2. The van der Waals surface area contributed by atoms with Crippen molar-refractivity contribution in [2.75, 3.05) is 0 Å². The van der Waals surface area contributed by atoms with Crippen LogP contribution in [0.1, 0.15) is 32.3 Å². The van der Waals surface area contributed by atoms with Gasteiger partial charge in [0, 0.05) is 22.9 Å². The second kappa shape index (κ2) is 7.05. The van der Waals surface area contributed by atoms with Gasteiger partial charge < -0.3 is 5.32 Å². The van der Waals surface area contributed by atoms with Gasteiger partial charge in [-0.15, -0.1) is 0 Å². The van der Waals surface area contributed by atoms with E-state index in [0.29, 0.717) is 6.04 Å². The normalized spacial score (nSPS) is 14.3. The molecule has 0 unspecified atom stereocenters. The molecule has 7 heteroatoms. The minimum Gasteiger partial charge on any atom is -0.353 e. The summed E-state index contributed by atoms with van der Waals surface area (Å²) in [6, 6.07) is 13.9. The van der Waals surface area contributed by atoms with E-state index >= 15 is 0 Å². The van der Waals surface area contributed by atoms with Crippen molar-refractivity contribution < 1.29 is 4.79 Å². The number of halogens is 1. The van der Waals surface area contributed by atoms with Crippen LogP contribution < -0.4 is 11.0 Å². The molecule has 1 N–H and O–H groups in total. The lowest BCUT2D eigenvalue weighted by Gasteiger charge is -2.24. The van der Waals surface area contributed by atoms with E-state index in [9.17, 15) is 9.59 Å². The first kappa shape index (κ1) is 20.0. The van der Waals surface area contributed by atoms with Gasteiger partial charge in [0.25, 0.3) is 0 Å². The number of fused-ring (bicyclic) bond motifs is 3. The van der Waals surface area contributed by atoms with Crippen LogP contribution in [0.15, 0.2) is 57.9 Å². The Hall–Kier alpha value is -2.93. The molecule has 0 bridgehead atoms. The summed E-state index contributed by atoms with van der Waals surface area (Å²) in [4.78, 5) is 30.4. The standard InChI is InChI=1S/C24H23BrN4O2/c1-24(2,22(30)27-16-7-8-16)14-4-9-17(10-5-14)29-21-18-12-15(25)6-11-19(18)26-13-20(21)28(3)23(29)31/h4-6,9-13,16H,7-8H2,1-3H3,(H,27,30). The molecule has 31 heavy (non-hydrogen) atoms. The Labute approximate surface area is 188 Å². The maximum Gasteiger partial charge on any atom is 0.333 e. The molecule has 6 nitrogen and oxygen atoms in total. The van der Waals surface area contributed by atoms with Crippen molar-refractivity contribution in [1.82, 2.24) is 19.4 Å². The fourth-order valence-electron chi connectivity index (χ4n) is 3.96. The van der Waals surface area contributed by atoms with Crippen molar-refractivity contribution in [2.45, 2.75) is 38.1 Å². The largest absolute Gasteiger partial charge is 0.353 e. The highest BCUT2D eigenvalue weighted by molar-refractivity contribution is 9.10. The third kappa shape index (κ3) is 3.28. The first-order valence-electron chi connectivity index (χ1n) is 10.3. The summed E-state index contributed by atoms with van der Waals surface area (Å²) in [6.07, 6.45) is 3.86. The Bertz CT molecular complexity index is 1400. The van der Waals surface area contributed by atoms with Gasteiger partial charge in [0.05, 0.1) is 33.8 Å². The van der Waals surface area contributed by atoms with Crippen molar-refractivity contribution in [2.24, 2.45) is 7.05 Å². The number of hydrogen-bond donors (Lipinski definition) is 1. The van der Waals surface area contributed by atoms with Crippen LogP contribution in [0, 0.1) is 0 Å². The summed E-state index contributed by atoms with van der Waals surface area (Å²) in [6.45, 7) is 3.86. The van der Waals surface area contributed by atoms with Gasteiger partial charge in [0.15, 0.2) is 0 Å². The van der Waals surface area contributed by atoms with E-state index in [1.165, 1.54) is 0 Å². The van der Waals surface area contributed by atoms with E-state index in [1.807, 2.05) is 56.3 Å². The predicted octanol–water partition coefficient (Wildman–Crippen LogP) is 4.20.